The monoisotopic (exact) mass is 248 g/mol. The van der Waals surface area contributed by atoms with Crippen molar-refractivity contribution in [2.75, 3.05) is 12.3 Å². The Labute approximate surface area is 103 Å². The number of ether oxygens (including phenoxy) is 1. The zero-order valence-corrected chi connectivity index (χ0v) is 10.3. The highest BCUT2D eigenvalue weighted by atomic mass is 32.1. The largest absolute Gasteiger partial charge is 0.383 e. The third kappa shape index (κ3) is 1.89. The van der Waals surface area contributed by atoms with Crippen LogP contribution in [0.2, 0.25) is 0 Å². The van der Waals surface area contributed by atoms with E-state index in [-0.39, 0.29) is 0 Å². The number of nitrogens with zero attached hydrogens (tertiary/aromatic N) is 3. The van der Waals surface area contributed by atoms with Gasteiger partial charge in [0, 0.05) is 17.4 Å². The number of aryl methyl sites for hydroxylation is 1. The van der Waals surface area contributed by atoms with E-state index in [1.165, 1.54) is 0 Å². The Morgan fingerprint density at radius 2 is 2.24 bits per heavy atom. The van der Waals surface area contributed by atoms with E-state index in [4.69, 9.17) is 10.5 Å². The molecular weight excluding hydrogens is 236 g/mol. The maximum absolute atomic E-state index is 5.93. The van der Waals surface area contributed by atoms with Gasteiger partial charge in [0.15, 0.2) is 5.82 Å². The highest BCUT2D eigenvalue weighted by Crippen LogP contribution is 2.24. The molecule has 3 rings (SSSR count). The van der Waals surface area contributed by atoms with E-state index in [1.807, 2.05) is 12.3 Å². The molecule has 17 heavy (non-hydrogen) atoms. The molecule has 6 heteroatoms. The lowest BCUT2D eigenvalue weighted by Crippen LogP contribution is -2.16. The Balaban J connectivity index is 2.10. The Bertz CT molecular complexity index is 567. The molecule has 0 aromatic carbocycles. The molecule has 0 atom stereocenters. The first-order chi connectivity index (χ1) is 8.24. The van der Waals surface area contributed by atoms with Crippen LogP contribution in [0.3, 0.4) is 0 Å². The molecule has 2 N–H and O–H groups in total. The highest BCUT2D eigenvalue weighted by Gasteiger charge is 2.18. The number of anilines is 1. The van der Waals surface area contributed by atoms with E-state index in [2.05, 4.69) is 15.0 Å². The first-order valence-corrected chi connectivity index (χ1v) is 6.27. The van der Waals surface area contributed by atoms with Crippen LogP contribution in [0.1, 0.15) is 16.3 Å². The molecule has 0 spiro atoms. The second-order valence-electron chi connectivity index (χ2n) is 3.91. The first kappa shape index (κ1) is 10.6. The number of hydrogen-bond acceptors (Lipinski definition) is 6. The average molecular weight is 248 g/mol. The van der Waals surface area contributed by atoms with Crippen LogP contribution in [0.4, 0.5) is 5.82 Å². The summed E-state index contributed by atoms with van der Waals surface area (Å²) >= 11 is 1.59. The summed E-state index contributed by atoms with van der Waals surface area (Å²) in [7, 11) is 0. The molecular formula is C11H12N4OS. The zero-order chi connectivity index (χ0) is 11.8. The summed E-state index contributed by atoms with van der Waals surface area (Å²) in [5.41, 5.74) is 8.64. The van der Waals surface area contributed by atoms with E-state index in [0.29, 0.717) is 24.9 Å². The summed E-state index contributed by atoms with van der Waals surface area (Å²) in [4.78, 5) is 13.2. The van der Waals surface area contributed by atoms with Gasteiger partial charge in [-0.15, -0.1) is 11.3 Å². The molecule has 0 aliphatic carbocycles. The molecule has 0 radical (unpaired) electrons. The summed E-state index contributed by atoms with van der Waals surface area (Å²) in [6.45, 7) is 3.17. The van der Waals surface area contributed by atoms with Crippen LogP contribution in [-0.4, -0.2) is 21.6 Å². The number of rotatable bonds is 1. The van der Waals surface area contributed by atoms with Crippen molar-refractivity contribution in [1.29, 1.82) is 0 Å². The van der Waals surface area contributed by atoms with Crippen molar-refractivity contribution in [2.45, 2.75) is 20.0 Å². The van der Waals surface area contributed by atoms with Crippen molar-refractivity contribution in [1.82, 2.24) is 15.0 Å². The lowest BCUT2D eigenvalue weighted by molar-refractivity contribution is 0.109. The fourth-order valence-corrected chi connectivity index (χ4v) is 2.43. The van der Waals surface area contributed by atoms with E-state index in [9.17, 15) is 0 Å². The number of thiazole rings is 1. The number of nitrogens with two attached hydrogens (primary N) is 1. The predicted octanol–water partition coefficient (Wildman–Crippen LogP) is 1.56. The molecule has 1 aliphatic rings. The Morgan fingerprint density at radius 1 is 1.35 bits per heavy atom. The molecule has 0 unspecified atom stereocenters. The molecule has 0 saturated carbocycles. The second-order valence-corrected chi connectivity index (χ2v) is 4.97. The van der Waals surface area contributed by atoms with Crippen LogP contribution >= 0.6 is 11.3 Å². The maximum Gasteiger partial charge on any atom is 0.181 e. The lowest BCUT2D eigenvalue weighted by Gasteiger charge is -2.17. The smallest absolute Gasteiger partial charge is 0.181 e. The van der Waals surface area contributed by atoms with Crippen LogP contribution in [0.25, 0.3) is 11.5 Å². The summed E-state index contributed by atoms with van der Waals surface area (Å²) in [5.74, 6) is 1.13. The van der Waals surface area contributed by atoms with E-state index >= 15 is 0 Å². The fraction of sp³-hybridized carbons (Fsp3) is 0.364. The molecule has 0 saturated heterocycles. The summed E-state index contributed by atoms with van der Waals surface area (Å²) in [6.07, 6.45) is 0.790. The molecule has 0 amide bonds. The molecule has 0 bridgehead atoms. The van der Waals surface area contributed by atoms with Gasteiger partial charge < -0.3 is 10.5 Å². The molecule has 3 heterocycles. The molecule has 2 aromatic rings. The van der Waals surface area contributed by atoms with Crippen molar-refractivity contribution < 1.29 is 4.74 Å². The lowest BCUT2D eigenvalue weighted by atomic mass is 10.1. The van der Waals surface area contributed by atoms with Gasteiger partial charge in [-0.05, 0) is 6.92 Å². The molecule has 88 valence electrons. The van der Waals surface area contributed by atoms with Crippen LogP contribution in [0, 0.1) is 6.92 Å². The van der Waals surface area contributed by atoms with Gasteiger partial charge in [0.05, 0.1) is 23.9 Å². The van der Waals surface area contributed by atoms with Gasteiger partial charge in [-0.25, -0.2) is 15.0 Å². The predicted molar refractivity (Wildman–Crippen MR) is 65.6 cm³/mol. The van der Waals surface area contributed by atoms with Crippen molar-refractivity contribution in [3.05, 3.63) is 21.6 Å². The summed E-state index contributed by atoms with van der Waals surface area (Å²) in [5, 5.41) is 2.96. The third-order valence-electron chi connectivity index (χ3n) is 2.70. The van der Waals surface area contributed by atoms with Crippen molar-refractivity contribution >= 4 is 17.2 Å². The van der Waals surface area contributed by atoms with Gasteiger partial charge in [0.2, 0.25) is 0 Å². The van der Waals surface area contributed by atoms with Crippen molar-refractivity contribution in [3.63, 3.8) is 0 Å². The number of hydrogen-bond donors (Lipinski definition) is 1. The number of fused-ring (bicyclic) bond motifs is 1. The molecule has 0 fully saturated rings. The minimum Gasteiger partial charge on any atom is -0.383 e. The SMILES string of the molecule is Cc1nc(-c2nc(N)c3c(n2)CCOC3)cs1. The van der Waals surface area contributed by atoms with Gasteiger partial charge in [-0.1, -0.05) is 0 Å². The molecule has 1 aliphatic heterocycles. The average Bonchev–Trinajstić information content (AvgIpc) is 2.76. The highest BCUT2D eigenvalue weighted by molar-refractivity contribution is 7.09. The number of aromatic nitrogens is 3. The molecule has 5 nitrogen and oxygen atoms in total. The Kier molecular flexibility index (Phi) is 2.53. The normalized spacial score (nSPS) is 14.6. The number of nitrogen functional groups attached to an aromatic ring is 1. The summed E-state index contributed by atoms with van der Waals surface area (Å²) < 4.78 is 5.35. The zero-order valence-electron chi connectivity index (χ0n) is 9.43. The standard InChI is InChI=1S/C11H12N4OS/c1-6-13-9(5-17-6)11-14-8-2-3-16-4-7(8)10(12)15-11/h5H,2-4H2,1H3,(H2,12,14,15). The second kappa shape index (κ2) is 4.05. The first-order valence-electron chi connectivity index (χ1n) is 5.39. The topological polar surface area (TPSA) is 73.9 Å². The van der Waals surface area contributed by atoms with Gasteiger partial charge in [-0.2, -0.15) is 0 Å². The van der Waals surface area contributed by atoms with Gasteiger partial charge in [0.1, 0.15) is 11.5 Å². The van der Waals surface area contributed by atoms with Crippen LogP contribution in [0.15, 0.2) is 5.38 Å². The van der Waals surface area contributed by atoms with Gasteiger partial charge in [-0.3, -0.25) is 0 Å². The van der Waals surface area contributed by atoms with Crippen LogP contribution < -0.4 is 5.73 Å². The van der Waals surface area contributed by atoms with Gasteiger partial charge >= 0.3 is 0 Å². The minimum absolute atomic E-state index is 0.510. The molecule has 2 aromatic heterocycles. The quantitative estimate of drug-likeness (QED) is 0.829. The van der Waals surface area contributed by atoms with Gasteiger partial charge in [0.25, 0.3) is 0 Å². The van der Waals surface area contributed by atoms with Crippen LogP contribution in [-0.2, 0) is 17.8 Å². The van der Waals surface area contributed by atoms with E-state index in [1.54, 1.807) is 11.3 Å². The third-order valence-corrected chi connectivity index (χ3v) is 3.48. The van der Waals surface area contributed by atoms with E-state index in [0.717, 1.165) is 28.4 Å². The van der Waals surface area contributed by atoms with E-state index < -0.39 is 0 Å². The fourth-order valence-electron chi connectivity index (χ4n) is 1.84. The Hall–Kier alpha value is -1.53. The summed E-state index contributed by atoms with van der Waals surface area (Å²) in [6, 6.07) is 0. The Morgan fingerprint density at radius 3 is 3.00 bits per heavy atom. The minimum atomic E-state index is 0.510. The van der Waals surface area contributed by atoms with Crippen LogP contribution in [0.5, 0.6) is 0 Å². The van der Waals surface area contributed by atoms with Crippen molar-refractivity contribution in [3.8, 4) is 11.5 Å². The van der Waals surface area contributed by atoms with Crippen molar-refractivity contribution in [2.24, 2.45) is 0 Å². The maximum atomic E-state index is 5.93.